The normalized spacial score (nSPS) is 17.3. The maximum atomic E-state index is 11.9. The topological polar surface area (TPSA) is 41.9 Å². The number of hydrogen-bond donors (Lipinski definition) is 0. The fourth-order valence-electron chi connectivity index (χ4n) is 2.64. The van der Waals surface area contributed by atoms with Crippen molar-refractivity contribution >= 4 is 11.6 Å². The summed E-state index contributed by atoms with van der Waals surface area (Å²) in [4.78, 5) is 19.4. The number of carbonyl (C=O) groups is 1. The molecule has 0 saturated heterocycles. The second kappa shape index (κ2) is 7.25. The largest absolute Gasteiger partial charge is 0.390 e. The Morgan fingerprint density at radius 1 is 1.38 bits per heavy atom. The highest BCUT2D eigenvalue weighted by Gasteiger charge is 2.26. The lowest BCUT2D eigenvalue weighted by Crippen LogP contribution is -2.37. The quantitative estimate of drug-likeness (QED) is 0.807. The lowest BCUT2D eigenvalue weighted by Gasteiger charge is -2.23. The maximum Gasteiger partial charge on any atom is 0.222 e. The summed E-state index contributed by atoms with van der Waals surface area (Å²) >= 11 is 0. The third kappa shape index (κ3) is 3.84. The molecule has 0 bridgehead atoms. The van der Waals surface area contributed by atoms with Gasteiger partial charge in [-0.3, -0.25) is 4.79 Å². The molecule has 4 nitrogen and oxygen atoms in total. The molecule has 1 amide bonds. The average Bonchev–Trinajstić information content (AvgIpc) is 2.95. The molecule has 1 atom stereocenters. The van der Waals surface area contributed by atoms with Crippen LogP contribution in [0.4, 0.5) is 0 Å². The number of rotatable bonds is 6. The fraction of sp³-hybridized carbons (Fsp3) is 0.529. The smallest absolute Gasteiger partial charge is 0.222 e. The van der Waals surface area contributed by atoms with Crippen LogP contribution in [0.25, 0.3) is 0 Å². The van der Waals surface area contributed by atoms with E-state index in [0.717, 1.165) is 30.7 Å². The van der Waals surface area contributed by atoms with E-state index in [0.29, 0.717) is 13.0 Å². The van der Waals surface area contributed by atoms with E-state index in [9.17, 15) is 4.79 Å². The number of amides is 1. The minimum atomic E-state index is -0.0262. The van der Waals surface area contributed by atoms with Crippen molar-refractivity contribution in [3.63, 3.8) is 0 Å². The van der Waals surface area contributed by atoms with Gasteiger partial charge in [0, 0.05) is 24.9 Å². The van der Waals surface area contributed by atoms with Crippen LogP contribution in [0.2, 0.25) is 0 Å². The Labute approximate surface area is 126 Å². The second-order valence-electron chi connectivity index (χ2n) is 5.48. The average molecular weight is 288 g/mol. The number of hydrogen-bond acceptors (Lipinski definition) is 3. The standard InChI is InChI=1S/C17H24N2O2/c1-4-10-19(17(20)5-2)12-14-11-16(18-21-14)15-9-7-6-8-13(15)3/h6-9,14H,4-5,10-12H2,1-3H3/t14-/m1/s1. The maximum absolute atomic E-state index is 11.9. The van der Waals surface area contributed by atoms with E-state index in [-0.39, 0.29) is 12.0 Å². The Bertz CT molecular complexity index is 525. The number of nitrogens with zero attached hydrogens (tertiary/aromatic N) is 2. The highest BCUT2D eigenvalue weighted by molar-refractivity contribution is 6.02. The van der Waals surface area contributed by atoms with Gasteiger partial charge in [0.1, 0.15) is 0 Å². The first-order chi connectivity index (χ1) is 10.2. The minimum absolute atomic E-state index is 0.0262. The Kier molecular flexibility index (Phi) is 5.37. The van der Waals surface area contributed by atoms with E-state index < -0.39 is 0 Å². The van der Waals surface area contributed by atoms with Crippen LogP contribution in [0.1, 0.15) is 44.2 Å². The lowest BCUT2D eigenvalue weighted by atomic mass is 10.0. The molecule has 0 saturated carbocycles. The van der Waals surface area contributed by atoms with Gasteiger partial charge >= 0.3 is 0 Å². The molecule has 21 heavy (non-hydrogen) atoms. The van der Waals surface area contributed by atoms with E-state index >= 15 is 0 Å². The van der Waals surface area contributed by atoms with Gasteiger partial charge < -0.3 is 9.74 Å². The SMILES string of the molecule is CCCN(C[C@H]1CC(c2ccccc2C)=NO1)C(=O)CC. The van der Waals surface area contributed by atoms with Crippen molar-refractivity contribution in [3.05, 3.63) is 35.4 Å². The third-order valence-corrected chi connectivity index (χ3v) is 3.76. The van der Waals surface area contributed by atoms with Gasteiger partial charge in [0.25, 0.3) is 0 Å². The molecule has 0 fully saturated rings. The van der Waals surface area contributed by atoms with Crippen LogP contribution in [0.3, 0.4) is 0 Å². The Balaban J connectivity index is 1.98. The number of oxime groups is 1. The zero-order valence-electron chi connectivity index (χ0n) is 13.1. The molecule has 1 aromatic carbocycles. The second-order valence-corrected chi connectivity index (χ2v) is 5.48. The number of aryl methyl sites for hydroxylation is 1. The van der Waals surface area contributed by atoms with Crippen molar-refractivity contribution in [1.29, 1.82) is 0 Å². The van der Waals surface area contributed by atoms with Crippen LogP contribution < -0.4 is 0 Å². The molecule has 0 radical (unpaired) electrons. The van der Waals surface area contributed by atoms with Crippen LogP contribution in [-0.2, 0) is 9.63 Å². The summed E-state index contributed by atoms with van der Waals surface area (Å²) in [6.45, 7) is 7.47. The predicted molar refractivity (Wildman–Crippen MR) is 84.4 cm³/mol. The molecular formula is C17H24N2O2. The first-order valence-corrected chi connectivity index (χ1v) is 7.72. The highest BCUT2D eigenvalue weighted by atomic mass is 16.6. The molecule has 1 heterocycles. The zero-order valence-corrected chi connectivity index (χ0v) is 13.1. The van der Waals surface area contributed by atoms with E-state index in [2.05, 4.69) is 31.1 Å². The van der Waals surface area contributed by atoms with Crippen molar-refractivity contribution < 1.29 is 9.63 Å². The molecular weight excluding hydrogens is 264 g/mol. The number of carbonyl (C=O) groups excluding carboxylic acids is 1. The minimum Gasteiger partial charge on any atom is -0.390 e. The van der Waals surface area contributed by atoms with Crippen LogP contribution in [0.5, 0.6) is 0 Å². The molecule has 0 aliphatic carbocycles. The van der Waals surface area contributed by atoms with Gasteiger partial charge in [-0.1, -0.05) is 43.3 Å². The molecule has 0 unspecified atom stereocenters. The molecule has 0 N–H and O–H groups in total. The van der Waals surface area contributed by atoms with E-state index in [1.807, 2.05) is 24.0 Å². The number of benzene rings is 1. The summed E-state index contributed by atoms with van der Waals surface area (Å²) in [6, 6.07) is 8.19. The van der Waals surface area contributed by atoms with Gasteiger partial charge in [-0.25, -0.2) is 0 Å². The van der Waals surface area contributed by atoms with Crippen LogP contribution in [0.15, 0.2) is 29.4 Å². The third-order valence-electron chi connectivity index (χ3n) is 3.76. The summed E-state index contributed by atoms with van der Waals surface area (Å²) in [7, 11) is 0. The summed E-state index contributed by atoms with van der Waals surface area (Å²) in [5.74, 6) is 0.185. The molecule has 0 spiro atoms. The Morgan fingerprint density at radius 2 is 2.14 bits per heavy atom. The Morgan fingerprint density at radius 3 is 2.81 bits per heavy atom. The summed E-state index contributed by atoms with van der Waals surface area (Å²) in [6.07, 6.45) is 2.24. The molecule has 0 aromatic heterocycles. The monoisotopic (exact) mass is 288 g/mol. The first-order valence-electron chi connectivity index (χ1n) is 7.72. The van der Waals surface area contributed by atoms with Crippen LogP contribution in [0, 0.1) is 6.92 Å². The molecule has 1 aromatic rings. The summed E-state index contributed by atoms with van der Waals surface area (Å²) < 4.78 is 0. The van der Waals surface area contributed by atoms with Crippen LogP contribution in [-0.4, -0.2) is 35.7 Å². The van der Waals surface area contributed by atoms with Crippen molar-refractivity contribution in [2.24, 2.45) is 5.16 Å². The summed E-state index contributed by atoms with van der Waals surface area (Å²) in [5, 5.41) is 4.23. The highest BCUT2D eigenvalue weighted by Crippen LogP contribution is 2.20. The van der Waals surface area contributed by atoms with Gasteiger partial charge in [0.15, 0.2) is 6.10 Å². The van der Waals surface area contributed by atoms with E-state index in [1.165, 1.54) is 5.56 Å². The molecule has 1 aliphatic heterocycles. The molecule has 1 aliphatic rings. The lowest BCUT2D eigenvalue weighted by molar-refractivity contribution is -0.132. The molecule has 114 valence electrons. The van der Waals surface area contributed by atoms with Crippen molar-refractivity contribution in [1.82, 2.24) is 4.90 Å². The van der Waals surface area contributed by atoms with Gasteiger partial charge in [0.05, 0.1) is 12.3 Å². The van der Waals surface area contributed by atoms with Gasteiger partial charge in [0.2, 0.25) is 5.91 Å². The molecule has 2 rings (SSSR count). The van der Waals surface area contributed by atoms with Crippen molar-refractivity contribution in [2.75, 3.05) is 13.1 Å². The van der Waals surface area contributed by atoms with Gasteiger partial charge in [-0.15, -0.1) is 0 Å². The van der Waals surface area contributed by atoms with Gasteiger partial charge in [-0.2, -0.15) is 0 Å². The predicted octanol–water partition coefficient (Wildman–Crippen LogP) is 3.14. The zero-order chi connectivity index (χ0) is 15.2. The van der Waals surface area contributed by atoms with E-state index in [1.54, 1.807) is 0 Å². The van der Waals surface area contributed by atoms with Crippen molar-refractivity contribution in [3.8, 4) is 0 Å². The van der Waals surface area contributed by atoms with Crippen molar-refractivity contribution in [2.45, 2.75) is 46.1 Å². The molecule has 4 heteroatoms. The summed E-state index contributed by atoms with van der Waals surface area (Å²) in [5.41, 5.74) is 3.33. The Hall–Kier alpha value is -1.84. The van der Waals surface area contributed by atoms with E-state index in [4.69, 9.17) is 4.84 Å². The van der Waals surface area contributed by atoms with Gasteiger partial charge in [-0.05, 0) is 18.9 Å². The fourth-order valence-corrected chi connectivity index (χ4v) is 2.64. The first kappa shape index (κ1) is 15.5. The van der Waals surface area contributed by atoms with Crippen LogP contribution >= 0.6 is 0 Å².